The molecule has 1 fully saturated rings. The van der Waals surface area contributed by atoms with E-state index in [1.807, 2.05) is 30.3 Å². The first-order valence-corrected chi connectivity index (χ1v) is 10.2. The first kappa shape index (κ1) is 23.1. The number of aliphatic hydroxyl groups excluding tert-OH is 1. The van der Waals surface area contributed by atoms with E-state index in [0.29, 0.717) is 17.1 Å². The number of carbonyl (C=O) groups excluding carboxylic acids is 3. The van der Waals surface area contributed by atoms with E-state index in [-0.39, 0.29) is 37.8 Å². The summed E-state index contributed by atoms with van der Waals surface area (Å²) in [6.07, 6.45) is 0.190. The molecule has 3 rings (SSSR count). The van der Waals surface area contributed by atoms with Gasteiger partial charge in [-0.1, -0.05) is 36.4 Å². The van der Waals surface area contributed by atoms with Crippen molar-refractivity contribution in [2.75, 3.05) is 20.8 Å². The average molecular weight is 441 g/mol. The number of aliphatic hydroxyl groups is 1. The number of urea groups is 1. The lowest BCUT2D eigenvalue weighted by Gasteiger charge is -2.17. The first-order valence-electron chi connectivity index (χ1n) is 10.2. The highest BCUT2D eigenvalue weighted by Crippen LogP contribution is 2.28. The molecule has 0 radical (unpaired) electrons. The number of imide groups is 1. The molecule has 0 unspecified atom stereocenters. The third kappa shape index (κ3) is 5.36. The molecule has 32 heavy (non-hydrogen) atoms. The quantitative estimate of drug-likeness (QED) is 0.484. The number of nitrogens with zero attached hydrogens (tertiary/aromatic N) is 1. The minimum atomic E-state index is -0.780. The molecule has 0 aliphatic carbocycles. The van der Waals surface area contributed by atoms with E-state index in [0.717, 1.165) is 10.5 Å². The lowest BCUT2D eigenvalue weighted by Crippen LogP contribution is -2.34. The molecule has 2 aromatic rings. The normalized spacial score (nSPS) is 16.5. The predicted octanol–water partition coefficient (Wildman–Crippen LogP) is 1.75. The van der Waals surface area contributed by atoms with E-state index in [1.54, 1.807) is 18.2 Å². The molecule has 1 saturated heterocycles. The molecule has 0 aromatic heterocycles. The number of benzene rings is 2. The third-order valence-electron chi connectivity index (χ3n) is 5.28. The summed E-state index contributed by atoms with van der Waals surface area (Å²) in [7, 11) is 3.04. The molecule has 3 N–H and O–H groups in total. The van der Waals surface area contributed by atoms with Crippen LogP contribution in [-0.2, 0) is 16.1 Å². The highest BCUT2D eigenvalue weighted by Gasteiger charge is 2.38. The lowest BCUT2D eigenvalue weighted by atomic mass is 10.1. The van der Waals surface area contributed by atoms with Crippen LogP contribution in [0, 0.1) is 0 Å². The van der Waals surface area contributed by atoms with E-state index < -0.39 is 18.1 Å². The average Bonchev–Trinajstić information content (AvgIpc) is 3.09. The molecule has 0 saturated carbocycles. The summed E-state index contributed by atoms with van der Waals surface area (Å²) in [6.45, 7) is -0.164. The van der Waals surface area contributed by atoms with Crippen LogP contribution in [0.3, 0.4) is 0 Å². The van der Waals surface area contributed by atoms with Crippen LogP contribution in [0.15, 0.2) is 48.5 Å². The minimum absolute atomic E-state index is 0.0320. The van der Waals surface area contributed by atoms with E-state index in [1.165, 1.54) is 14.2 Å². The molecule has 2 atom stereocenters. The molecular weight excluding hydrogens is 414 g/mol. The second-order valence-corrected chi connectivity index (χ2v) is 7.37. The second kappa shape index (κ2) is 10.6. The molecule has 1 aliphatic rings. The summed E-state index contributed by atoms with van der Waals surface area (Å²) >= 11 is 0. The summed E-state index contributed by atoms with van der Waals surface area (Å²) in [5, 5.41) is 15.0. The molecule has 1 aliphatic heterocycles. The number of hydrogen-bond donors (Lipinski definition) is 3. The zero-order valence-electron chi connectivity index (χ0n) is 18.0. The van der Waals surface area contributed by atoms with Crippen molar-refractivity contribution in [3.63, 3.8) is 0 Å². The Balaban J connectivity index is 1.56. The van der Waals surface area contributed by atoms with Gasteiger partial charge < -0.3 is 25.2 Å². The van der Waals surface area contributed by atoms with Crippen LogP contribution in [0.2, 0.25) is 0 Å². The van der Waals surface area contributed by atoms with Crippen molar-refractivity contribution >= 4 is 17.8 Å². The predicted molar refractivity (Wildman–Crippen MR) is 116 cm³/mol. The number of hydrogen-bond acceptors (Lipinski definition) is 6. The van der Waals surface area contributed by atoms with Crippen molar-refractivity contribution < 1.29 is 29.0 Å². The molecule has 9 heteroatoms. The monoisotopic (exact) mass is 441 g/mol. The van der Waals surface area contributed by atoms with Crippen molar-refractivity contribution in [2.24, 2.45) is 0 Å². The van der Waals surface area contributed by atoms with Gasteiger partial charge in [0.15, 0.2) is 11.5 Å². The number of carbonyl (C=O) groups is 3. The summed E-state index contributed by atoms with van der Waals surface area (Å²) in [5.74, 6) is 0.351. The van der Waals surface area contributed by atoms with E-state index >= 15 is 0 Å². The molecular formula is C23H27N3O6. The number of methoxy groups -OCH3 is 2. The summed E-state index contributed by atoms with van der Waals surface area (Å²) < 4.78 is 10.5. The van der Waals surface area contributed by atoms with Gasteiger partial charge in [0.1, 0.15) is 6.04 Å². The van der Waals surface area contributed by atoms with Gasteiger partial charge >= 0.3 is 6.03 Å². The highest BCUT2D eigenvalue weighted by molar-refractivity contribution is 6.04. The Kier molecular flexibility index (Phi) is 7.67. The Bertz CT molecular complexity index is 965. The number of amides is 4. The Morgan fingerprint density at radius 2 is 1.84 bits per heavy atom. The minimum Gasteiger partial charge on any atom is -0.493 e. The Morgan fingerprint density at radius 1 is 1.12 bits per heavy atom. The van der Waals surface area contributed by atoms with Gasteiger partial charge in [0, 0.05) is 6.42 Å². The molecule has 4 amide bonds. The lowest BCUT2D eigenvalue weighted by molar-refractivity contribution is -0.128. The van der Waals surface area contributed by atoms with E-state index in [9.17, 15) is 19.5 Å². The third-order valence-corrected chi connectivity index (χ3v) is 5.28. The van der Waals surface area contributed by atoms with E-state index in [4.69, 9.17) is 9.47 Å². The summed E-state index contributed by atoms with van der Waals surface area (Å²) in [6, 6.07) is 12.5. The van der Waals surface area contributed by atoms with Gasteiger partial charge in [-0.25, -0.2) is 4.79 Å². The maximum Gasteiger partial charge on any atom is 0.325 e. The number of rotatable bonds is 10. The summed E-state index contributed by atoms with van der Waals surface area (Å²) in [4.78, 5) is 38.5. The smallest absolute Gasteiger partial charge is 0.325 e. The standard InChI is InChI=1S/C23H27N3O6/c1-31-19-10-8-15(12-20(19)32-2)13-26-22(29)17(25-23(26)30)9-11-21(28)24-18(14-27)16-6-4-3-5-7-16/h3-8,10,12,17-18,27H,9,11,13-14H2,1-2H3,(H,24,28)(H,25,30)/t17-,18-/m1/s1. The SMILES string of the molecule is COc1ccc(CN2C(=O)N[C@H](CCC(=O)N[C@H](CO)c3ccccc3)C2=O)cc1OC. The van der Waals surface area contributed by atoms with Crippen LogP contribution < -0.4 is 20.1 Å². The molecule has 2 aromatic carbocycles. The Hall–Kier alpha value is -3.59. The first-order chi connectivity index (χ1) is 15.5. The molecule has 9 nitrogen and oxygen atoms in total. The topological polar surface area (TPSA) is 117 Å². The molecule has 1 heterocycles. The Morgan fingerprint density at radius 3 is 2.50 bits per heavy atom. The zero-order chi connectivity index (χ0) is 23.1. The van der Waals surface area contributed by atoms with Gasteiger partial charge in [0.2, 0.25) is 5.91 Å². The fourth-order valence-electron chi connectivity index (χ4n) is 3.55. The van der Waals surface area contributed by atoms with Crippen molar-refractivity contribution in [3.05, 3.63) is 59.7 Å². The van der Waals surface area contributed by atoms with Crippen LogP contribution in [0.5, 0.6) is 11.5 Å². The summed E-state index contributed by atoms with van der Waals surface area (Å²) in [5.41, 5.74) is 1.49. The number of nitrogens with one attached hydrogen (secondary N) is 2. The van der Waals surface area contributed by atoms with Gasteiger partial charge in [0.05, 0.1) is 33.4 Å². The maximum absolute atomic E-state index is 12.7. The van der Waals surface area contributed by atoms with Crippen molar-refractivity contribution in [1.82, 2.24) is 15.5 Å². The van der Waals surface area contributed by atoms with Gasteiger partial charge in [-0.2, -0.15) is 0 Å². The maximum atomic E-state index is 12.7. The second-order valence-electron chi connectivity index (χ2n) is 7.37. The van der Waals surface area contributed by atoms with Gasteiger partial charge in [0.25, 0.3) is 5.91 Å². The Labute approximate surface area is 186 Å². The van der Waals surface area contributed by atoms with Crippen LogP contribution in [0.1, 0.15) is 30.0 Å². The van der Waals surface area contributed by atoms with Crippen molar-refractivity contribution in [2.45, 2.75) is 31.5 Å². The fraction of sp³-hybridized carbons (Fsp3) is 0.348. The highest BCUT2D eigenvalue weighted by atomic mass is 16.5. The molecule has 0 spiro atoms. The van der Waals surface area contributed by atoms with Gasteiger partial charge in [-0.3, -0.25) is 14.5 Å². The largest absolute Gasteiger partial charge is 0.493 e. The molecule has 0 bridgehead atoms. The van der Waals surface area contributed by atoms with Crippen molar-refractivity contribution in [3.8, 4) is 11.5 Å². The number of ether oxygens (including phenoxy) is 2. The fourth-order valence-corrected chi connectivity index (χ4v) is 3.55. The van der Waals surface area contributed by atoms with Gasteiger partial charge in [-0.15, -0.1) is 0 Å². The van der Waals surface area contributed by atoms with Crippen LogP contribution in [0.4, 0.5) is 4.79 Å². The molecule has 170 valence electrons. The zero-order valence-corrected chi connectivity index (χ0v) is 18.0. The van der Waals surface area contributed by atoms with Crippen LogP contribution in [-0.4, -0.2) is 54.7 Å². The van der Waals surface area contributed by atoms with Gasteiger partial charge in [-0.05, 0) is 29.7 Å². The van der Waals surface area contributed by atoms with Crippen molar-refractivity contribution in [1.29, 1.82) is 0 Å². The van der Waals surface area contributed by atoms with Crippen LogP contribution >= 0.6 is 0 Å². The van der Waals surface area contributed by atoms with Crippen LogP contribution in [0.25, 0.3) is 0 Å². The van der Waals surface area contributed by atoms with E-state index in [2.05, 4.69) is 10.6 Å².